The zero-order valence-corrected chi connectivity index (χ0v) is 17.8. The third kappa shape index (κ3) is 4.41. The second-order valence-corrected chi connectivity index (χ2v) is 7.23. The Kier molecular flexibility index (Phi) is 6.13. The summed E-state index contributed by atoms with van der Waals surface area (Å²) in [4.78, 5) is 28.2. The molecule has 0 amide bonds. The second-order valence-electron chi connectivity index (χ2n) is 6.06. The number of carbonyl (C=O) groups is 2. The second kappa shape index (κ2) is 8.55. The number of aryl methyl sites for hydroxylation is 1. The van der Waals surface area contributed by atoms with E-state index >= 15 is 0 Å². The normalized spacial score (nSPS) is 14.6. The lowest BCUT2D eigenvalue weighted by molar-refractivity contribution is -0.134. The molecule has 0 radical (unpaired) electrons. The summed E-state index contributed by atoms with van der Waals surface area (Å²) in [6.07, 6.45) is 1.87. The van der Waals surface area contributed by atoms with Crippen LogP contribution < -0.4 is 9.47 Å². The van der Waals surface area contributed by atoms with E-state index in [0.29, 0.717) is 20.6 Å². The first-order chi connectivity index (χ1) is 13.4. The summed E-state index contributed by atoms with van der Waals surface area (Å²) < 4.78 is 16.6. The number of cyclic esters (lactones) is 1. The zero-order chi connectivity index (χ0) is 20.3. The number of rotatable bonds is 5. The summed E-state index contributed by atoms with van der Waals surface area (Å²) in [7, 11) is 1.49. The molecular weight excluding hydrogens is 473 g/mol. The van der Waals surface area contributed by atoms with Gasteiger partial charge in [0, 0.05) is 12.0 Å². The van der Waals surface area contributed by atoms with Crippen LogP contribution >= 0.6 is 22.6 Å². The topological polar surface area (TPSA) is 74.2 Å². The minimum Gasteiger partial charge on any atom is -0.493 e. The van der Waals surface area contributed by atoms with Gasteiger partial charge in [0.2, 0.25) is 5.90 Å². The SMILES string of the molecule is CCC(=O)Oc1c(I)cc(/C=C2\N=C(c3ccc(C)cc3)OC2=O)cc1OC. The number of halogens is 1. The molecule has 7 heteroatoms. The van der Waals surface area contributed by atoms with Crippen molar-refractivity contribution < 1.29 is 23.8 Å². The molecule has 2 aromatic carbocycles. The molecule has 0 fully saturated rings. The van der Waals surface area contributed by atoms with Crippen LogP contribution in [-0.2, 0) is 14.3 Å². The summed E-state index contributed by atoms with van der Waals surface area (Å²) >= 11 is 2.05. The number of ether oxygens (including phenoxy) is 3. The first kappa shape index (κ1) is 20.1. The molecule has 0 saturated carbocycles. The van der Waals surface area contributed by atoms with Gasteiger partial charge < -0.3 is 14.2 Å². The van der Waals surface area contributed by atoms with E-state index in [9.17, 15) is 9.59 Å². The van der Waals surface area contributed by atoms with Crippen molar-refractivity contribution in [1.29, 1.82) is 0 Å². The fourth-order valence-corrected chi connectivity index (χ4v) is 3.23. The Morgan fingerprint density at radius 2 is 1.96 bits per heavy atom. The summed E-state index contributed by atoms with van der Waals surface area (Å²) in [6, 6.07) is 11.0. The number of hydrogen-bond acceptors (Lipinski definition) is 6. The molecule has 0 bridgehead atoms. The summed E-state index contributed by atoms with van der Waals surface area (Å²) in [5, 5.41) is 0. The van der Waals surface area contributed by atoms with Crippen molar-refractivity contribution in [3.8, 4) is 11.5 Å². The smallest absolute Gasteiger partial charge is 0.363 e. The van der Waals surface area contributed by atoms with Crippen molar-refractivity contribution in [2.75, 3.05) is 7.11 Å². The van der Waals surface area contributed by atoms with E-state index in [4.69, 9.17) is 14.2 Å². The van der Waals surface area contributed by atoms with Gasteiger partial charge in [0.05, 0.1) is 10.7 Å². The quantitative estimate of drug-likeness (QED) is 0.271. The van der Waals surface area contributed by atoms with Gasteiger partial charge in [0.1, 0.15) is 0 Å². The molecule has 6 nitrogen and oxygen atoms in total. The van der Waals surface area contributed by atoms with Crippen LogP contribution in [0, 0.1) is 10.5 Å². The minimum absolute atomic E-state index is 0.187. The highest BCUT2D eigenvalue weighted by atomic mass is 127. The van der Waals surface area contributed by atoms with Crippen LogP contribution in [0.25, 0.3) is 6.08 Å². The summed E-state index contributed by atoms with van der Waals surface area (Å²) in [5.74, 6) is 0.149. The van der Waals surface area contributed by atoms with Crippen LogP contribution in [0.1, 0.15) is 30.0 Å². The third-order valence-corrected chi connectivity index (χ3v) is 4.78. The van der Waals surface area contributed by atoms with Crippen LogP contribution in [0.3, 0.4) is 0 Å². The lowest BCUT2D eigenvalue weighted by atomic mass is 10.1. The minimum atomic E-state index is -0.522. The predicted molar refractivity (Wildman–Crippen MR) is 113 cm³/mol. The van der Waals surface area contributed by atoms with Crippen molar-refractivity contribution in [2.24, 2.45) is 4.99 Å². The number of benzene rings is 2. The standard InChI is InChI=1S/C21H18INO5/c1-4-18(24)27-19-15(22)9-13(11-17(19)26-3)10-16-21(25)28-20(23-16)14-7-5-12(2)6-8-14/h5-11H,4H2,1-3H3/b16-10-. The number of aliphatic imine (C=N–C) groups is 1. The van der Waals surface area contributed by atoms with Crippen molar-refractivity contribution in [3.63, 3.8) is 0 Å². The molecule has 28 heavy (non-hydrogen) atoms. The Morgan fingerprint density at radius 3 is 2.61 bits per heavy atom. The van der Waals surface area contributed by atoms with Gasteiger partial charge in [-0.05, 0) is 65.4 Å². The zero-order valence-electron chi connectivity index (χ0n) is 15.6. The molecule has 3 rings (SSSR count). The van der Waals surface area contributed by atoms with Crippen LogP contribution in [0.2, 0.25) is 0 Å². The largest absolute Gasteiger partial charge is 0.493 e. The van der Waals surface area contributed by atoms with E-state index in [1.54, 1.807) is 25.1 Å². The van der Waals surface area contributed by atoms with Gasteiger partial charge in [-0.2, -0.15) is 0 Å². The van der Waals surface area contributed by atoms with Gasteiger partial charge in [-0.15, -0.1) is 0 Å². The molecule has 0 aliphatic carbocycles. The molecule has 1 heterocycles. The summed E-state index contributed by atoms with van der Waals surface area (Å²) in [5.41, 5.74) is 2.71. The average molecular weight is 491 g/mol. The van der Waals surface area contributed by atoms with Gasteiger partial charge in [0.15, 0.2) is 17.2 Å². The van der Waals surface area contributed by atoms with E-state index in [0.717, 1.165) is 11.1 Å². The lowest BCUT2D eigenvalue weighted by Gasteiger charge is -2.11. The van der Waals surface area contributed by atoms with E-state index in [1.807, 2.05) is 31.2 Å². The lowest BCUT2D eigenvalue weighted by Crippen LogP contribution is -2.08. The molecule has 144 valence electrons. The Morgan fingerprint density at radius 1 is 1.25 bits per heavy atom. The number of esters is 2. The Balaban J connectivity index is 1.94. The van der Waals surface area contributed by atoms with Gasteiger partial charge in [-0.3, -0.25) is 4.79 Å². The van der Waals surface area contributed by atoms with Crippen molar-refractivity contribution >= 4 is 46.5 Å². The first-order valence-corrected chi connectivity index (χ1v) is 9.67. The monoisotopic (exact) mass is 491 g/mol. The average Bonchev–Trinajstić information content (AvgIpc) is 3.04. The molecule has 0 saturated heterocycles. The highest BCUT2D eigenvalue weighted by Gasteiger charge is 2.24. The Bertz CT molecular complexity index is 993. The highest BCUT2D eigenvalue weighted by Crippen LogP contribution is 2.35. The van der Waals surface area contributed by atoms with Crippen LogP contribution in [0.5, 0.6) is 11.5 Å². The third-order valence-electron chi connectivity index (χ3n) is 3.98. The molecular formula is C21H18INO5. The molecule has 1 aliphatic heterocycles. The van der Waals surface area contributed by atoms with Crippen LogP contribution in [0.15, 0.2) is 47.1 Å². The highest BCUT2D eigenvalue weighted by molar-refractivity contribution is 14.1. The van der Waals surface area contributed by atoms with E-state index < -0.39 is 5.97 Å². The van der Waals surface area contributed by atoms with Crippen LogP contribution in [0.4, 0.5) is 0 Å². The van der Waals surface area contributed by atoms with Crippen molar-refractivity contribution in [3.05, 3.63) is 62.4 Å². The maximum absolute atomic E-state index is 12.2. The molecule has 2 aromatic rings. The molecule has 1 aliphatic rings. The van der Waals surface area contributed by atoms with Crippen molar-refractivity contribution in [2.45, 2.75) is 20.3 Å². The Labute approximate surface area is 176 Å². The number of hydrogen-bond donors (Lipinski definition) is 0. The molecule has 0 N–H and O–H groups in total. The van der Waals surface area contributed by atoms with Gasteiger partial charge >= 0.3 is 11.9 Å². The Hall–Kier alpha value is -2.68. The number of carbonyl (C=O) groups excluding carboxylic acids is 2. The van der Waals surface area contributed by atoms with Gasteiger partial charge in [-0.1, -0.05) is 24.6 Å². The van der Waals surface area contributed by atoms with Gasteiger partial charge in [0.25, 0.3) is 0 Å². The van der Waals surface area contributed by atoms with E-state index in [2.05, 4.69) is 27.6 Å². The first-order valence-electron chi connectivity index (χ1n) is 8.59. The van der Waals surface area contributed by atoms with E-state index in [1.165, 1.54) is 7.11 Å². The number of nitrogens with zero attached hydrogens (tertiary/aromatic N) is 1. The van der Waals surface area contributed by atoms with Gasteiger partial charge in [-0.25, -0.2) is 9.79 Å². The molecule has 0 aromatic heterocycles. The van der Waals surface area contributed by atoms with E-state index in [-0.39, 0.29) is 24.0 Å². The summed E-state index contributed by atoms with van der Waals surface area (Å²) in [6.45, 7) is 3.70. The predicted octanol–water partition coefficient (Wildman–Crippen LogP) is 4.27. The fourth-order valence-electron chi connectivity index (χ4n) is 2.49. The molecule has 0 atom stereocenters. The van der Waals surface area contributed by atoms with Crippen LogP contribution in [-0.4, -0.2) is 24.9 Å². The maximum Gasteiger partial charge on any atom is 0.363 e. The van der Waals surface area contributed by atoms with Crippen molar-refractivity contribution in [1.82, 2.24) is 0 Å². The maximum atomic E-state index is 12.2. The fraction of sp³-hybridized carbons (Fsp3) is 0.190. The number of methoxy groups -OCH3 is 1. The molecule has 0 unspecified atom stereocenters. The molecule has 0 spiro atoms.